The van der Waals surface area contributed by atoms with E-state index in [1.165, 1.54) is 0 Å². The minimum Gasteiger partial charge on any atom is -0.481 e. The van der Waals surface area contributed by atoms with Crippen molar-refractivity contribution in [3.05, 3.63) is 29.6 Å². The number of nitrogens with zero attached hydrogens (tertiary/aromatic N) is 1. The number of carboxylic acids is 1. The standard InChI is InChI=1S/C10H13NO2S/c1-8-4-9(6-11-5-8)7-14-3-2-10(12)13/h4-6H,2-3,7H2,1H3,(H,12,13). The first-order chi connectivity index (χ1) is 6.68. The van der Waals surface area contributed by atoms with Gasteiger partial charge in [-0.2, -0.15) is 11.8 Å². The van der Waals surface area contributed by atoms with Gasteiger partial charge < -0.3 is 5.11 Å². The fourth-order valence-corrected chi connectivity index (χ4v) is 1.90. The quantitative estimate of drug-likeness (QED) is 0.758. The number of aryl methyl sites for hydroxylation is 1. The van der Waals surface area contributed by atoms with Crippen molar-refractivity contribution in [3.63, 3.8) is 0 Å². The molecule has 1 N–H and O–H groups in total. The number of pyridine rings is 1. The van der Waals surface area contributed by atoms with Crippen LogP contribution in [0, 0.1) is 6.92 Å². The van der Waals surface area contributed by atoms with Crippen molar-refractivity contribution >= 4 is 17.7 Å². The lowest BCUT2D eigenvalue weighted by Crippen LogP contribution is -1.96. The molecule has 0 unspecified atom stereocenters. The van der Waals surface area contributed by atoms with Crippen molar-refractivity contribution in [3.8, 4) is 0 Å². The van der Waals surface area contributed by atoms with Crippen molar-refractivity contribution in [2.45, 2.75) is 19.1 Å². The Balaban J connectivity index is 2.28. The number of aromatic nitrogens is 1. The Kier molecular flexibility index (Phi) is 4.46. The van der Waals surface area contributed by atoms with Crippen molar-refractivity contribution in [2.24, 2.45) is 0 Å². The highest BCUT2D eigenvalue weighted by molar-refractivity contribution is 7.98. The van der Waals surface area contributed by atoms with E-state index in [1.54, 1.807) is 11.8 Å². The molecule has 14 heavy (non-hydrogen) atoms. The molecule has 0 aromatic carbocycles. The van der Waals surface area contributed by atoms with Gasteiger partial charge in [-0.25, -0.2) is 0 Å². The molecular formula is C10H13NO2S. The molecule has 0 aliphatic carbocycles. The summed E-state index contributed by atoms with van der Waals surface area (Å²) < 4.78 is 0. The Labute approximate surface area is 87.6 Å². The summed E-state index contributed by atoms with van der Waals surface area (Å²) in [6.07, 6.45) is 3.86. The third-order valence-electron chi connectivity index (χ3n) is 1.66. The van der Waals surface area contributed by atoms with E-state index < -0.39 is 5.97 Å². The lowest BCUT2D eigenvalue weighted by atomic mass is 10.2. The number of hydrogen-bond donors (Lipinski definition) is 1. The van der Waals surface area contributed by atoms with Crippen LogP contribution >= 0.6 is 11.8 Å². The first-order valence-corrected chi connectivity index (χ1v) is 5.54. The summed E-state index contributed by atoms with van der Waals surface area (Å²) in [6, 6.07) is 2.07. The normalized spacial score (nSPS) is 10.1. The van der Waals surface area contributed by atoms with Crippen LogP contribution in [0.2, 0.25) is 0 Å². The van der Waals surface area contributed by atoms with Crippen LogP contribution in [0.25, 0.3) is 0 Å². The van der Waals surface area contributed by atoms with Gasteiger partial charge in [-0.3, -0.25) is 9.78 Å². The van der Waals surface area contributed by atoms with E-state index in [9.17, 15) is 4.79 Å². The number of carbonyl (C=O) groups is 1. The Morgan fingerprint density at radius 1 is 1.57 bits per heavy atom. The first-order valence-electron chi connectivity index (χ1n) is 4.38. The maximum Gasteiger partial charge on any atom is 0.304 e. The van der Waals surface area contributed by atoms with E-state index in [0.717, 1.165) is 16.9 Å². The van der Waals surface area contributed by atoms with E-state index >= 15 is 0 Å². The number of thioether (sulfide) groups is 1. The predicted molar refractivity (Wildman–Crippen MR) is 57.4 cm³/mol. The van der Waals surface area contributed by atoms with Crippen molar-refractivity contribution < 1.29 is 9.90 Å². The van der Waals surface area contributed by atoms with E-state index in [4.69, 9.17) is 5.11 Å². The largest absolute Gasteiger partial charge is 0.481 e. The van der Waals surface area contributed by atoms with Crippen LogP contribution in [0.5, 0.6) is 0 Å². The van der Waals surface area contributed by atoms with Gasteiger partial charge in [0, 0.05) is 23.9 Å². The van der Waals surface area contributed by atoms with Crippen LogP contribution < -0.4 is 0 Å². The molecule has 76 valence electrons. The molecule has 1 aromatic heterocycles. The lowest BCUT2D eigenvalue weighted by Gasteiger charge is -2.00. The minimum atomic E-state index is -0.736. The van der Waals surface area contributed by atoms with Crippen LogP contribution in [-0.2, 0) is 10.5 Å². The van der Waals surface area contributed by atoms with E-state index in [0.29, 0.717) is 5.75 Å². The van der Waals surface area contributed by atoms with Crippen molar-refractivity contribution in [2.75, 3.05) is 5.75 Å². The zero-order valence-electron chi connectivity index (χ0n) is 8.06. The molecular weight excluding hydrogens is 198 g/mol. The summed E-state index contributed by atoms with van der Waals surface area (Å²) in [5.41, 5.74) is 2.29. The average Bonchev–Trinajstić information content (AvgIpc) is 2.12. The predicted octanol–water partition coefficient (Wildman–Crippen LogP) is 2.10. The highest BCUT2D eigenvalue weighted by Crippen LogP contribution is 2.12. The highest BCUT2D eigenvalue weighted by atomic mass is 32.2. The third-order valence-corrected chi connectivity index (χ3v) is 2.69. The van der Waals surface area contributed by atoms with E-state index in [1.807, 2.05) is 19.3 Å². The number of carboxylic acid groups (broad SMARTS) is 1. The molecule has 0 atom stereocenters. The summed E-state index contributed by atoms with van der Waals surface area (Å²) in [5.74, 6) is 0.755. The monoisotopic (exact) mass is 211 g/mol. The fourth-order valence-electron chi connectivity index (χ4n) is 1.05. The number of rotatable bonds is 5. The molecule has 0 saturated heterocycles. The van der Waals surface area contributed by atoms with Gasteiger partial charge in [0.25, 0.3) is 0 Å². The summed E-state index contributed by atoms with van der Waals surface area (Å²) in [5, 5.41) is 8.43. The third kappa shape index (κ3) is 4.28. The Hall–Kier alpha value is -1.03. The number of hydrogen-bond acceptors (Lipinski definition) is 3. The van der Waals surface area contributed by atoms with Crippen LogP contribution in [-0.4, -0.2) is 21.8 Å². The molecule has 4 heteroatoms. The topological polar surface area (TPSA) is 50.2 Å². The van der Waals surface area contributed by atoms with Gasteiger partial charge in [0.05, 0.1) is 6.42 Å². The second kappa shape index (κ2) is 5.65. The maximum absolute atomic E-state index is 10.2. The molecule has 0 radical (unpaired) electrons. The first kappa shape index (κ1) is 11.0. The second-order valence-electron chi connectivity index (χ2n) is 3.07. The van der Waals surface area contributed by atoms with Gasteiger partial charge in [0.15, 0.2) is 0 Å². The minimum absolute atomic E-state index is 0.226. The van der Waals surface area contributed by atoms with Gasteiger partial charge in [-0.1, -0.05) is 6.07 Å². The summed E-state index contributed by atoms with van der Waals surface area (Å²) in [4.78, 5) is 14.3. The average molecular weight is 211 g/mol. The van der Waals surface area contributed by atoms with Gasteiger partial charge in [0.1, 0.15) is 0 Å². The van der Waals surface area contributed by atoms with Gasteiger partial charge in [0.2, 0.25) is 0 Å². The van der Waals surface area contributed by atoms with E-state index in [2.05, 4.69) is 11.1 Å². The molecule has 0 aliphatic rings. The van der Waals surface area contributed by atoms with Crippen molar-refractivity contribution in [1.29, 1.82) is 0 Å². The molecule has 1 heterocycles. The van der Waals surface area contributed by atoms with E-state index in [-0.39, 0.29) is 6.42 Å². The molecule has 0 fully saturated rings. The Morgan fingerprint density at radius 3 is 3.00 bits per heavy atom. The van der Waals surface area contributed by atoms with Crippen LogP contribution in [0.15, 0.2) is 18.5 Å². The molecule has 0 aliphatic heterocycles. The molecule has 1 aromatic rings. The van der Waals surface area contributed by atoms with Gasteiger partial charge in [-0.05, 0) is 18.1 Å². The van der Waals surface area contributed by atoms with Crippen molar-refractivity contribution in [1.82, 2.24) is 4.98 Å². The smallest absolute Gasteiger partial charge is 0.304 e. The van der Waals surface area contributed by atoms with Crippen LogP contribution in [0.3, 0.4) is 0 Å². The molecule has 1 rings (SSSR count). The zero-order valence-corrected chi connectivity index (χ0v) is 8.88. The number of aliphatic carboxylic acids is 1. The molecule has 0 spiro atoms. The van der Waals surface area contributed by atoms with Crippen LogP contribution in [0.4, 0.5) is 0 Å². The maximum atomic E-state index is 10.2. The zero-order chi connectivity index (χ0) is 10.4. The lowest BCUT2D eigenvalue weighted by molar-refractivity contribution is -0.136. The van der Waals surface area contributed by atoms with Gasteiger partial charge >= 0.3 is 5.97 Å². The Bertz CT molecular complexity index is 315. The molecule has 3 nitrogen and oxygen atoms in total. The molecule has 0 bridgehead atoms. The SMILES string of the molecule is Cc1cncc(CSCCC(=O)O)c1. The summed E-state index contributed by atoms with van der Waals surface area (Å²) in [7, 11) is 0. The molecule has 0 saturated carbocycles. The Morgan fingerprint density at radius 2 is 2.36 bits per heavy atom. The molecule has 0 amide bonds. The van der Waals surface area contributed by atoms with Crippen LogP contribution in [0.1, 0.15) is 17.5 Å². The highest BCUT2D eigenvalue weighted by Gasteiger charge is 1.98. The second-order valence-corrected chi connectivity index (χ2v) is 4.17. The summed E-state index contributed by atoms with van der Waals surface area (Å²) in [6.45, 7) is 2.00. The van der Waals surface area contributed by atoms with Gasteiger partial charge in [-0.15, -0.1) is 0 Å². The summed E-state index contributed by atoms with van der Waals surface area (Å²) >= 11 is 1.62. The fraction of sp³-hybridized carbons (Fsp3) is 0.400.